The molecule has 2 atom stereocenters. The van der Waals surface area contributed by atoms with Crippen molar-refractivity contribution in [2.45, 2.75) is 321 Å². The molecule has 0 aliphatic rings. The summed E-state index contributed by atoms with van der Waals surface area (Å²) in [4.78, 5) is 31.0. The Hall–Kier alpha value is -0.460. The second-order valence-electron chi connectivity index (χ2n) is 18.9. The average molecular weight is 872 g/mol. The molecule has 0 bridgehead atoms. The Balaban J connectivity index is 3.60. The van der Waals surface area contributed by atoms with Gasteiger partial charge in [-0.2, -0.15) is 0 Å². The number of carbonyl (C=O) groups is 1. The topological polar surface area (TPSA) is 116 Å². The molecule has 0 heterocycles. The van der Waals surface area contributed by atoms with Crippen LogP contribution in [0.5, 0.6) is 0 Å². The molecule has 0 aromatic rings. The predicted molar refractivity (Wildman–Crippen MR) is 260 cm³/mol. The zero-order valence-electron chi connectivity index (χ0n) is 40.4. The lowest BCUT2D eigenvalue weighted by Gasteiger charge is -2.24. The molecular formula is C52H106NO6P. The van der Waals surface area contributed by atoms with Gasteiger partial charge in [0, 0.05) is 6.42 Å². The summed E-state index contributed by atoms with van der Waals surface area (Å²) in [6, 6.07) is -0.818. The molecule has 0 aliphatic carbocycles. The summed E-state index contributed by atoms with van der Waals surface area (Å²) in [5, 5.41) is 13.6. The summed E-state index contributed by atoms with van der Waals surface area (Å²) in [6.07, 6.45) is 58.6. The van der Waals surface area contributed by atoms with E-state index < -0.39 is 26.6 Å². The normalized spacial score (nSPS) is 12.9. The summed E-state index contributed by atoms with van der Waals surface area (Å²) >= 11 is 0. The van der Waals surface area contributed by atoms with Crippen LogP contribution in [0.4, 0.5) is 0 Å². The lowest BCUT2D eigenvalue weighted by molar-refractivity contribution is -0.123. The van der Waals surface area contributed by atoms with Crippen molar-refractivity contribution in [1.29, 1.82) is 0 Å². The Kier molecular flexibility index (Phi) is 47.6. The highest BCUT2D eigenvalue weighted by atomic mass is 31.2. The summed E-state index contributed by atoms with van der Waals surface area (Å²) in [7, 11) is -4.69. The van der Waals surface area contributed by atoms with Gasteiger partial charge in [-0.1, -0.05) is 290 Å². The Morgan fingerprint density at radius 3 is 0.900 bits per heavy atom. The third kappa shape index (κ3) is 48.6. The molecule has 0 aromatic heterocycles. The quantitative estimate of drug-likeness (QED) is 0.0357. The smallest absolute Gasteiger partial charge is 0.391 e. The van der Waals surface area contributed by atoms with Crippen molar-refractivity contribution < 1.29 is 28.8 Å². The number of aliphatic hydroxyl groups is 1. The van der Waals surface area contributed by atoms with E-state index in [1.54, 1.807) is 0 Å². The summed E-state index contributed by atoms with van der Waals surface area (Å²) in [5.74, 6) is -0.186. The van der Waals surface area contributed by atoms with Crippen molar-refractivity contribution in [1.82, 2.24) is 5.32 Å². The van der Waals surface area contributed by atoms with E-state index in [2.05, 4.69) is 23.7 Å². The van der Waals surface area contributed by atoms with Crippen molar-refractivity contribution in [3.8, 4) is 0 Å². The molecule has 0 fully saturated rings. The van der Waals surface area contributed by atoms with Crippen LogP contribution in [-0.2, 0) is 13.9 Å². The zero-order chi connectivity index (χ0) is 43.9. The Bertz CT molecular complexity index is 900. The number of unbranched alkanes of at least 4 members (excludes halogenated alkanes) is 42. The van der Waals surface area contributed by atoms with E-state index in [-0.39, 0.29) is 5.91 Å². The molecule has 1 amide bonds. The molecular weight excluding hydrogens is 766 g/mol. The van der Waals surface area contributed by atoms with Crippen molar-refractivity contribution in [2.24, 2.45) is 0 Å². The number of rotatable bonds is 51. The minimum atomic E-state index is -4.69. The van der Waals surface area contributed by atoms with Gasteiger partial charge in [-0.3, -0.25) is 9.32 Å². The van der Waals surface area contributed by atoms with Crippen LogP contribution in [0.25, 0.3) is 0 Å². The minimum absolute atomic E-state index is 0.186. The Morgan fingerprint density at radius 2 is 0.650 bits per heavy atom. The number of aliphatic hydroxyl groups excluding tert-OH is 1. The SMILES string of the molecule is CCCCCCCCCCCCCCCCCCCCCCCCCCCCCCCCCCC(=O)N[C@@H](COP(=O)(O)O)[C@H](O)CCCCCCCCCCCCCC. The fourth-order valence-electron chi connectivity index (χ4n) is 8.76. The number of hydrogen-bond donors (Lipinski definition) is 4. The minimum Gasteiger partial charge on any atom is -0.391 e. The fraction of sp³-hybridized carbons (Fsp3) is 0.981. The number of hydrogen-bond acceptors (Lipinski definition) is 4. The van der Waals surface area contributed by atoms with E-state index in [1.165, 1.54) is 244 Å². The summed E-state index contributed by atoms with van der Waals surface area (Å²) in [6.45, 7) is 4.15. The van der Waals surface area contributed by atoms with Gasteiger partial charge in [0.25, 0.3) is 0 Å². The number of phosphoric acid groups is 1. The van der Waals surface area contributed by atoms with E-state index in [0.29, 0.717) is 12.8 Å². The lowest BCUT2D eigenvalue weighted by Crippen LogP contribution is -2.46. The highest BCUT2D eigenvalue weighted by molar-refractivity contribution is 7.46. The van der Waals surface area contributed by atoms with Gasteiger partial charge in [-0.05, 0) is 12.8 Å². The molecule has 0 spiro atoms. The largest absolute Gasteiger partial charge is 0.469 e. The van der Waals surface area contributed by atoms with Crippen LogP contribution in [0.15, 0.2) is 0 Å². The second kappa shape index (κ2) is 48.0. The highest BCUT2D eigenvalue weighted by Crippen LogP contribution is 2.36. The molecule has 0 aromatic carbocycles. The molecule has 0 aliphatic heterocycles. The third-order valence-corrected chi connectivity index (χ3v) is 13.3. The van der Waals surface area contributed by atoms with Crippen LogP contribution in [0.2, 0.25) is 0 Å². The maximum absolute atomic E-state index is 12.7. The number of amides is 1. The molecule has 4 N–H and O–H groups in total. The summed E-state index contributed by atoms with van der Waals surface area (Å²) < 4.78 is 16.0. The van der Waals surface area contributed by atoms with Gasteiger partial charge >= 0.3 is 7.82 Å². The van der Waals surface area contributed by atoms with Crippen molar-refractivity contribution in [2.75, 3.05) is 6.61 Å². The molecule has 0 radical (unpaired) electrons. The lowest BCUT2D eigenvalue weighted by atomic mass is 10.0. The molecule has 60 heavy (non-hydrogen) atoms. The van der Waals surface area contributed by atoms with Crippen molar-refractivity contribution in [3.05, 3.63) is 0 Å². The standard InChI is InChI=1S/C52H106NO6P/c1-3-5-7-9-11-13-15-17-18-19-20-21-22-23-24-25-26-27-28-29-30-31-32-33-34-35-36-38-40-42-44-46-48-52(55)53-50(49-59-60(56,57)58)51(54)47-45-43-41-39-37-16-14-12-10-8-6-4-2/h50-51,54H,3-49H2,1-2H3,(H,53,55)(H2,56,57,58)/t50-,51+/m0/s1. The van der Waals surface area contributed by atoms with Gasteiger partial charge in [0.15, 0.2) is 0 Å². The van der Waals surface area contributed by atoms with Crippen molar-refractivity contribution in [3.63, 3.8) is 0 Å². The first-order valence-electron chi connectivity index (χ1n) is 27.0. The van der Waals surface area contributed by atoms with E-state index in [4.69, 9.17) is 0 Å². The number of nitrogens with one attached hydrogen (secondary N) is 1. The number of phosphoric ester groups is 1. The van der Waals surface area contributed by atoms with Crippen LogP contribution in [0.3, 0.4) is 0 Å². The van der Waals surface area contributed by atoms with Crippen LogP contribution in [-0.4, -0.2) is 39.6 Å². The highest BCUT2D eigenvalue weighted by Gasteiger charge is 2.25. The van der Waals surface area contributed by atoms with Gasteiger partial charge in [0.1, 0.15) is 0 Å². The molecule has 0 unspecified atom stereocenters. The van der Waals surface area contributed by atoms with E-state index in [0.717, 1.165) is 38.5 Å². The van der Waals surface area contributed by atoms with Gasteiger partial charge in [0.2, 0.25) is 5.91 Å². The first kappa shape index (κ1) is 59.5. The summed E-state index contributed by atoms with van der Waals surface area (Å²) in [5.41, 5.74) is 0. The van der Waals surface area contributed by atoms with Crippen LogP contribution in [0.1, 0.15) is 309 Å². The fourth-order valence-corrected chi connectivity index (χ4v) is 9.12. The van der Waals surface area contributed by atoms with Crippen LogP contribution in [0, 0.1) is 0 Å². The second-order valence-corrected chi connectivity index (χ2v) is 20.2. The van der Waals surface area contributed by atoms with Gasteiger partial charge in [0.05, 0.1) is 18.8 Å². The van der Waals surface area contributed by atoms with Crippen LogP contribution >= 0.6 is 7.82 Å². The molecule has 0 saturated carbocycles. The zero-order valence-corrected chi connectivity index (χ0v) is 41.3. The predicted octanol–water partition coefficient (Wildman–Crippen LogP) is 16.9. The van der Waals surface area contributed by atoms with Gasteiger partial charge in [-0.25, -0.2) is 4.57 Å². The van der Waals surface area contributed by atoms with Crippen molar-refractivity contribution >= 4 is 13.7 Å². The van der Waals surface area contributed by atoms with E-state index in [9.17, 15) is 24.3 Å². The van der Waals surface area contributed by atoms with Gasteiger partial charge < -0.3 is 20.2 Å². The maximum atomic E-state index is 12.7. The van der Waals surface area contributed by atoms with E-state index >= 15 is 0 Å². The maximum Gasteiger partial charge on any atom is 0.469 e. The third-order valence-electron chi connectivity index (χ3n) is 12.8. The Labute approximate surface area is 374 Å². The molecule has 360 valence electrons. The monoisotopic (exact) mass is 872 g/mol. The molecule has 0 rings (SSSR count). The number of carbonyl (C=O) groups excluding carboxylic acids is 1. The van der Waals surface area contributed by atoms with E-state index in [1.807, 2.05) is 0 Å². The van der Waals surface area contributed by atoms with Gasteiger partial charge in [-0.15, -0.1) is 0 Å². The Morgan fingerprint density at radius 1 is 0.417 bits per heavy atom. The first-order valence-corrected chi connectivity index (χ1v) is 28.5. The molecule has 0 saturated heterocycles. The molecule has 7 nitrogen and oxygen atoms in total. The molecule has 8 heteroatoms. The first-order chi connectivity index (χ1) is 29.3. The van der Waals surface area contributed by atoms with Crippen LogP contribution < -0.4 is 5.32 Å². The average Bonchev–Trinajstić information content (AvgIpc) is 3.22.